The molecule has 5 aliphatic carbocycles. The fraction of sp³-hybridized carbons (Fsp3) is 0.344. The van der Waals surface area contributed by atoms with E-state index in [4.69, 9.17) is 0 Å². The quantitative estimate of drug-likeness (QED) is 0.128. The monoisotopic (exact) mass is 807 g/mol. The number of fused-ring (bicyclic) bond motifs is 1. The summed E-state index contributed by atoms with van der Waals surface area (Å²) < 4.78 is 0. The number of hydrogen-bond acceptors (Lipinski definition) is 0. The van der Waals surface area contributed by atoms with Crippen molar-refractivity contribution in [3.63, 3.8) is 0 Å². The lowest BCUT2D eigenvalue weighted by Crippen LogP contribution is -2.55. The Labute approximate surface area is 372 Å². The summed E-state index contributed by atoms with van der Waals surface area (Å²) in [5.74, 6) is 2.41. The van der Waals surface area contributed by atoms with Gasteiger partial charge in [0.25, 0.3) is 0 Å². The first-order chi connectivity index (χ1) is 29.9. The summed E-state index contributed by atoms with van der Waals surface area (Å²) in [5.41, 5.74) is 26.7. The standard InChI is InChI=1S/C61H63B/c1-38-27-41(4)57(42(5)28-38)62(58-43(6)29-39(2)30-44(58)7)53-16-12-15-48(32-53)47-21-25-52(26-22-47)61-36-59(33-50-34-60(61,37-61)56(50)35-59)51-23-19-46(20-24-51)31-49-14-9-10-17-55(49)54-18-11-13-40(3)45(54)8/h9-12,14-30,32,40,50,56H,13,31,33-37H2,1-8H3. The van der Waals surface area contributed by atoms with E-state index < -0.39 is 0 Å². The van der Waals surface area contributed by atoms with Crippen LogP contribution in [0.3, 0.4) is 0 Å². The van der Waals surface area contributed by atoms with E-state index in [1.165, 1.54) is 121 Å². The molecule has 0 amide bonds. The van der Waals surface area contributed by atoms with Crippen molar-refractivity contribution < 1.29 is 0 Å². The molecule has 0 saturated heterocycles. The average molecular weight is 807 g/mol. The van der Waals surface area contributed by atoms with Crippen molar-refractivity contribution in [1.29, 1.82) is 0 Å². The maximum absolute atomic E-state index is 2.54. The van der Waals surface area contributed by atoms with Crippen LogP contribution in [0.5, 0.6) is 0 Å². The van der Waals surface area contributed by atoms with E-state index in [9.17, 15) is 0 Å². The van der Waals surface area contributed by atoms with Crippen LogP contribution < -0.4 is 16.4 Å². The van der Waals surface area contributed by atoms with Crippen molar-refractivity contribution in [2.75, 3.05) is 0 Å². The number of hydrogen-bond donors (Lipinski definition) is 0. The molecule has 6 aromatic rings. The van der Waals surface area contributed by atoms with E-state index in [2.05, 4.69) is 189 Å². The number of allylic oxidation sites excluding steroid dienone is 4. The van der Waals surface area contributed by atoms with Gasteiger partial charge < -0.3 is 0 Å². The SMILES string of the molecule is CC1=C(c2ccccc2Cc2ccc(C34CC5CC6(CC6(c6ccc(-c7cccc(B(c8c(C)cc(C)cc8C)c8c(C)cc(C)cc8C)c7)cc6)C3)C5C4)cc2)C=CCC1C. The Hall–Kier alpha value is -5.14. The topological polar surface area (TPSA) is 0 Å². The van der Waals surface area contributed by atoms with Crippen molar-refractivity contribution >= 4 is 28.7 Å². The van der Waals surface area contributed by atoms with Crippen LogP contribution in [0.15, 0.2) is 139 Å². The Kier molecular flexibility index (Phi) is 9.25. The fourth-order valence-corrected chi connectivity index (χ4v) is 14.7. The first kappa shape index (κ1) is 39.7. The molecule has 4 fully saturated rings. The minimum absolute atomic E-state index is 0.177. The van der Waals surface area contributed by atoms with E-state index in [-0.39, 0.29) is 6.71 Å². The zero-order chi connectivity index (χ0) is 42.7. The van der Waals surface area contributed by atoms with Crippen LogP contribution in [-0.2, 0) is 17.3 Å². The van der Waals surface area contributed by atoms with E-state index in [1.807, 2.05) is 0 Å². The summed E-state index contributed by atoms with van der Waals surface area (Å²) >= 11 is 0. The fourth-order valence-electron chi connectivity index (χ4n) is 14.7. The highest BCUT2D eigenvalue weighted by Crippen LogP contribution is 2.89. The normalized spacial score (nSPS) is 26.6. The van der Waals surface area contributed by atoms with Gasteiger partial charge in [-0.3, -0.25) is 0 Å². The van der Waals surface area contributed by atoms with E-state index in [1.54, 1.807) is 11.1 Å². The Morgan fingerprint density at radius 3 is 1.92 bits per heavy atom. The second kappa shape index (κ2) is 14.5. The summed E-state index contributed by atoms with van der Waals surface area (Å²) in [6, 6.07) is 48.1. The van der Waals surface area contributed by atoms with Crippen LogP contribution in [-0.4, -0.2) is 6.71 Å². The van der Waals surface area contributed by atoms with Crippen LogP contribution >= 0.6 is 0 Å². The second-order valence-corrected chi connectivity index (χ2v) is 21.3. The minimum atomic E-state index is 0.177. The molecule has 6 unspecified atom stereocenters. The molecule has 6 atom stereocenters. The Morgan fingerprint density at radius 1 is 0.597 bits per heavy atom. The van der Waals surface area contributed by atoms with Gasteiger partial charge in [0.1, 0.15) is 0 Å². The number of rotatable bonds is 9. The van der Waals surface area contributed by atoms with Crippen molar-refractivity contribution in [2.24, 2.45) is 23.2 Å². The molecule has 6 aromatic carbocycles. The first-order valence-electron chi connectivity index (χ1n) is 23.8. The van der Waals surface area contributed by atoms with Crippen molar-refractivity contribution in [3.8, 4) is 11.1 Å². The molecule has 11 rings (SSSR count). The summed E-state index contributed by atoms with van der Waals surface area (Å²) in [7, 11) is 0. The molecule has 4 saturated carbocycles. The van der Waals surface area contributed by atoms with Crippen LogP contribution in [0.25, 0.3) is 16.7 Å². The van der Waals surface area contributed by atoms with Crippen molar-refractivity contribution in [2.45, 2.75) is 111 Å². The van der Waals surface area contributed by atoms with Gasteiger partial charge in [-0.05, 0) is 167 Å². The molecule has 2 bridgehead atoms. The van der Waals surface area contributed by atoms with Gasteiger partial charge in [-0.2, -0.15) is 0 Å². The van der Waals surface area contributed by atoms with Crippen LogP contribution in [0.4, 0.5) is 0 Å². The van der Waals surface area contributed by atoms with Crippen LogP contribution in [0.1, 0.15) is 114 Å². The number of benzene rings is 6. The van der Waals surface area contributed by atoms with E-state index >= 15 is 0 Å². The van der Waals surface area contributed by atoms with Crippen LogP contribution in [0, 0.1) is 64.7 Å². The molecule has 0 radical (unpaired) electrons. The van der Waals surface area contributed by atoms with Crippen molar-refractivity contribution in [1.82, 2.24) is 0 Å². The smallest absolute Gasteiger partial charge is 0.0833 e. The molecule has 0 aliphatic heterocycles. The number of aryl methyl sites for hydroxylation is 6. The second-order valence-electron chi connectivity index (χ2n) is 21.3. The molecule has 1 heteroatoms. The molecule has 0 aromatic heterocycles. The molecular formula is C61H63B. The van der Waals surface area contributed by atoms with Gasteiger partial charge in [-0.25, -0.2) is 0 Å². The molecule has 0 nitrogen and oxygen atoms in total. The lowest BCUT2D eigenvalue weighted by molar-refractivity contribution is 0.0415. The average Bonchev–Trinajstić information content (AvgIpc) is 3.89. The predicted octanol–water partition coefficient (Wildman–Crippen LogP) is 13.1. The molecular weight excluding hydrogens is 743 g/mol. The molecule has 0 N–H and O–H groups in total. The van der Waals surface area contributed by atoms with Crippen molar-refractivity contribution in [3.05, 3.63) is 200 Å². The highest BCUT2D eigenvalue weighted by Gasteiger charge is 2.83. The van der Waals surface area contributed by atoms with E-state index in [0.29, 0.717) is 22.2 Å². The lowest BCUT2D eigenvalue weighted by Gasteiger charge is -2.49. The summed E-state index contributed by atoms with van der Waals surface area (Å²) in [5, 5.41) is 0. The molecule has 0 heterocycles. The highest BCUT2D eigenvalue weighted by atomic mass is 14.9. The lowest BCUT2D eigenvalue weighted by atomic mass is 9.34. The molecule has 1 spiro atoms. The maximum atomic E-state index is 2.54. The van der Waals surface area contributed by atoms with Gasteiger partial charge in [-0.1, -0.05) is 196 Å². The Morgan fingerprint density at radius 2 is 1.24 bits per heavy atom. The van der Waals surface area contributed by atoms with Crippen LogP contribution in [0.2, 0.25) is 0 Å². The third-order valence-electron chi connectivity index (χ3n) is 17.5. The molecule has 310 valence electrons. The molecule has 5 aliphatic rings. The van der Waals surface area contributed by atoms with Gasteiger partial charge in [0.05, 0.1) is 0 Å². The zero-order valence-corrected chi connectivity index (χ0v) is 38.5. The summed E-state index contributed by atoms with van der Waals surface area (Å²) in [6.45, 7) is 18.6. The summed E-state index contributed by atoms with van der Waals surface area (Å²) in [6.07, 6.45) is 13.8. The summed E-state index contributed by atoms with van der Waals surface area (Å²) in [4.78, 5) is 0. The predicted molar refractivity (Wildman–Crippen MR) is 265 cm³/mol. The first-order valence-corrected chi connectivity index (χ1v) is 23.8. The highest BCUT2D eigenvalue weighted by molar-refractivity contribution is 6.96. The van der Waals surface area contributed by atoms with Gasteiger partial charge in [-0.15, -0.1) is 0 Å². The Bertz CT molecular complexity index is 2730. The zero-order valence-electron chi connectivity index (χ0n) is 38.5. The maximum Gasteiger partial charge on any atom is 0.242 e. The third kappa shape index (κ3) is 6.08. The Balaban J connectivity index is 0.881. The van der Waals surface area contributed by atoms with Gasteiger partial charge in [0.15, 0.2) is 0 Å². The van der Waals surface area contributed by atoms with E-state index in [0.717, 1.165) is 24.7 Å². The molecule has 62 heavy (non-hydrogen) atoms. The third-order valence-corrected chi connectivity index (χ3v) is 17.5. The van der Waals surface area contributed by atoms with Gasteiger partial charge in [0.2, 0.25) is 6.71 Å². The largest absolute Gasteiger partial charge is 0.242 e. The van der Waals surface area contributed by atoms with Gasteiger partial charge >= 0.3 is 0 Å². The minimum Gasteiger partial charge on any atom is -0.0833 e. The van der Waals surface area contributed by atoms with Gasteiger partial charge in [0, 0.05) is 5.41 Å².